The molecule has 1 fully saturated rings. The van der Waals surface area contributed by atoms with Gasteiger partial charge in [-0.25, -0.2) is 0 Å². The monoisotopic (exact) mass is 260 g/mol. The maximum absolute atomic E-state index is 9.70. The molecule has 0 atom stereocenters. The molecule has 0 aromatic heterocycles. The fourth-order valence-corrected chi connectivity index (χ4v) is 3.82. The third-order valence-corrected chi connectivity index (χ3v) is 4.80. The average molecular weight is 260 g/mol. The maximum atomic E-state index is 9.70. The van der Waals surface area contributed by atoms with Gasteiger partial charge in [0.05, 0.1) is 19.3 Å². The summed E-state index contributed by atoms with van der Waals surface area (Å²) < 4.78 is 11.7. The van der Waals surface area contributed by atoms with Crippen LogP contribution in [0.1, 0.15) is 48.3 Å². The molecule has 0 amide bonds. The van der Waals surface area contributed by atoms with Gasteiger partial charge in [-0.05, 0) is 37.7 Å². The number of aliphatic hydroxyl groups is 1. The quantitative estimate of drug-likeness (QED) is 0.843. The molecule has 1 aromatic rings. The van der Waals surface area contributed by atoms with E-state index in [4.69, 9.17) is 9.47 Å². The second-order valence-electron chi connectivity index (χ2n) is 5.96. The molecule has 0 spiro atoms. The average Bonchev–Trinajstić information content (AvgIpc) is 3.05. The van der Waals surface area contributed by atoms with Crippen LogP contribution in [-0.4, -0.2) is 24.4 Å². The first-order valence-corrected chi connectivity index (χ1v) is 7.45. The smallest absolute Gasteiger partial charge is 0.126 e. The Labute approximate surface area is 113 Å². The molecular formula is C16H20O3. The molecule has 2 aliphatic heterocycles. The normalized spacial score (nSPS) is 28.5. The lowest BCUT2D eigenvalue weighted by atomic mass is 9.79. The topological polar surface area (TPSA) is 38.7 Å². The summed E-state index contributed by atoms with van der Waals surface area (Å²) in [5, 5.41) is 9.70. The van der Waals surface area contributed by atoms with Gasteiger partial charge >= 0.3 is 0 Å². The highest BCUT2D eigenvalue weighted by atomic mass is 16.5. The summed E-state index contributed by atoms with van der Waals surface area (Å²) in [6.45, 7) is 1.61. The lowest BCUT2D eigenvalue weighted by Gasteiger charge is -2.28. The zero-order valence-corrected chi connectivity index (χ0v) is 11.2. The molecule has 19 heavy (non-hydrogen) atoms. The molecular weight excluding hydrogens is 240 g/mol. The van der Waals surface area contributed by atoms with Gasteiger partial charge in [-0.3, -0.25) is 0 Å². The van der Waals surface area contributed by atoms with Gasteiger partial charge < -0.3 is 14.6 Å². The van der Waals surface area contributed by atoms with Gasteiger partial charge in [0.15, 0.2) is 0 Å². The molecule has 1 saturated carbocycles. The first-order chi connectivity index (χ1) is 9.33. The van der Waals surface area contributed by atoms with E-state index in [2.05, 4.69) is 6.07 Å². The molecule has 2 heterocycles. The van der Waals surface area contributed by atoms with E-state index in [9.17, 15) is 5.11 Å². The lowest BCUT2D eigenvalue weighted by molar-refractivity contribution is 0.122. The Balaban J connectivity index is 1.78. The standard InChI is InChI=1S/C16H20O3/c17-12-3-1-10(2-4-12)15-13-6-8-18-14(13)9-11-5-7-19-16(11)15/h9-10,12,17H,1-8H2. The van der Waals surface area contributed by atoms with E-state index in [0.717, 1.165) is 63.2 Å². The predicted octanol–water partition coefficient (Wildman–Crippen LogP) is 2.57. The van der Waals surface area contributed by atoms with Crippen LogP contribution in [0.15, 0.2) is 6.07 Å². The molecule has 0 bridgehead atoms. The van der Waals surface area contributed by atoms with Crippen LogP contribution in [0.4, 0.5) is 0 Å². The number of aliphatic hydroxyl groups excluding tert-OH is 1. The number of hydrogen-bond acceptors (Lipinski definition) is 3. The first-order valence-electron chi connectivity index (χ1n) is 7.45. The van der Waals surface area contributed by atoms with Crippen LogP contribution in [0.2, 0.25) is 0 Å². The van der Waals surface area contributed by atoms with Crippen molar-refractivity contribution < 1.29 is 14.6 Å². The van der Waals surface area contributed by atoms with Crippen molar-refractivity contribution in [2.75, 3.05) is 13.2 Å². The van der Waals surface area contributed by atoms with E-state index in [1.165, 1.54) is 16.7 Å². The van der Waals surface area contributed by atoms with Gasteiger partial charge in [0.1, 0.15) is 11.5 Å². The SMILES string of the molecule is OC1CCC(c2c3c(cc4c2OCC4)OCC3)CC1. The number of ether oxygens (including phenoxy) is 2. The molecule has 4 rings (SSSR count). The van der Waals surface area contributed by atoms with Gasteiger partial charge in [-0.1, -0.05) is 0 Å². The van der Waals surface area contributed by atoms with Crippen LogP contribution in [0.25, 0.3) is 0 Å². The molecule has 3 heteroatoms. The van der Waals surface area contributed by atoms with Crippen LogP contribution >= 0.6 is 0 Å². The fraction of sp³-hybridized carbons (Fsp3) is 0.625. The minimum atomic E-state index is -0.0989. The zero-order chi connectivity index (χ0) is 12.8. The summed E-state index contributed by atoms with van der Waals surface area (Å²) in [5.74, 6) is 2.78. The van der Waals surface area contributed by atoms with Crippen molar-refractivity contribution in [2.45, 2.75) is 50.5 Å². The van der Waals surface area contributed by atoms with Crippen LogP contribution in [0, 0.1) is 0 Å². The summed E-state index contributed by atoms with van der Waals surface area (Å²) in [7, 11) is 0. The van der Waals surface area contributed by atoms with Crippen molar-refractivity contribution in [1.29, 1.82) is 0 Å². The Hall–Kier alpha value is -1.22. The third kappa shape index (κ3) is 1.83. The third-order valence-electron chi connectivity index (χ3n) is 4.80. The number of hydrogen-bond donors (Lipinski definition) is 1. The lowest BCUT2D eigenvalue weighted by Crippen LogP contribution is -2.18. The molecule has 3 nitrogen and oxygen atoms in total. The molecule has 0 radical (unpaired) electrons. The van der Waals surface area contributed by atoms with E-state index in [0.29, 0.717) is 5.92 Å². The van der Waals surface area contributed by atoms with Gasteiger partial charge in [-0.2, -0.15) is 0 Å². The minimum absolute atomic E-state index is 0.0989. The van der Waals surface area contributed by atoms with Crippen molar-refractivity contribution >= 4 is 0 Å². The van der Waals surface area contributed by atoms with Crippen molar-refractivity contribution in [3.05, 3.63) is 22.8 Å². The van der Waals surface area contributed by atoms with Crippen molar-refractivity contribution in [3.63, 3.8) is 0 Å². The van der Waals surface area contributed by atoms with Crippen molar-refractivity contribution in [2.24, 2.45) is 0 Å². The Bertz CT molecular complexity index is 469. The van der Waals surface area contributed by atoms with E-state index >= 15 is 0 Å². The maximum Gasteiger partial charge on any atom is 0.126 e. The van der Waals surface area contributed by atoms with E-state index in [1.807, 2.05) is 0 Å². The van der Waals surface area contributed by atoms with Crippen molar-refractivity contribution in [1.82, 2.24) is 0 Å². The van der Waals surface area contributed by atoms with Crippen molar-refractivity contribution in [3.8, 4) is 11.5 Å². The van der Waals surface area contributed by atoms with Crippen LogP contribution in [0.5, 0.6) is 11.5 Å². The highest BCUT2D eigenvalue weighted by molar-refractivity contribution is 5.58. The second kappa shape index (κ2) is 4.41. The molecule has 0 saturated heterocycles. The summed E-state index contributed by atoms with van der Waals surface area (Å²) in [6.07, 6.45) is 5.92. The van der Waals surface area contributed by atoms with E-state index in [-0.39, 0.29) is 6.10 Å². The summed E-state index contributed by atoms with van der Waals surface area (Å²) in [5.41, 5.74) is 4.11. The van der Waals surface area contributed by atoms with Gasteiger partial charge in [-0.15, -0.1) is 0 Å². The minimum Gasteiger partial charge on any atom is -0.493 e. The Morgan fingerprint density at radius 3 is 2.63 bits per heavy atom. The predicted molar refractivity (Wildman–Crippen MR) is 72.1 cm³/mol. The number of rotatable bonds is 1. The van der Waals surface area contributed by atoms with E-state index < -0.39 is 0 Å². The molecule has 1 N–H and O–H groups in total. The van der Waals surface area contributed by atoms with E-state index in [1.54, 1.807) is 0 Å². The second-order valence-corrected chi connectivity index (χ2v) is 5.96. The molecule has 1 aromatic carbocycles. The highest BCUT2D eigenvalue weighted by Crippen LogP contribution is 2.47. The summed E-state index contributed by atoms with van der Waals surface area (Å²) in [6, 6.07) is 2.19. The fourth-order valence-electron chi connectivity index (χ4n) is 3.82. The Kier molecular flexibility index (Phi) is 2.69. The first kappa shape index (κ1) is 11.6. The van der Waals surface area contributed by atoms with Gasteiger partial charge in [0.25, 0.3) is 0 Å². The zero-order valence-electron chi connectivity index (χ0n) is 11.2. The summed E-state index contributed by atoms with van der Waals surface area (Å²) in [4.78, 5) is 0. The molecule has 1 aliphatic carbocycles. The van der Waals surface area contributed by atoms with Gasteiger partial charge in [0, 0.05) is 29.5 Å². The number of benzene rings is 1. The van der Waals surface area contributed by atoms with Crippen LogP contribution in [-0.2, 0) is 12.8 Å². The molecule has 102 valence electrons. The highest BCUT2D eigenvalue weighted by Gasteiger charge is 2.32. The number of fused-ring (bicyclic) bond motifs is 2. The molecule has 3 aliphatic rings. The Morgan fingerprint density at radius 1 is 1.00 bits per heavy atom. The van der Waals surface area contributed by atoms with Crippen LogP contribution < -0.4 is 9.47 Å². The van der Waals surface area contributed by atoms with Crippen LogP contribution in [0.3, 0.4) is 0 Å². The summed E-state index contributed by atoms with van der Waals surface area (Å²) >= 11 is 0. The largest absolute Gasteiger partial charge is 0.493 e. The Morgan fingerprint density at radius 2 is 1.79 bits per heavy atom. The van der Waals surface area contributed by atoms with Gasteiger partial charge in [0.2, 0.25) is 0 Å². The molecule has 0 unspecified atom stereocenters.